The molecule has 1 N–H and O–H groups in total. The summed E-state index contributed by atoms with van der Waals surface area (Å²) in [5.74, 6) is 0.593. The van der Waals surface area contributed by atoms with Gasteiger partial charge in [0.15, 0.2) is 0 Å². The van der Waals surface area contributed by atoms with Gasteiger partial charge in [0.1, 0.15) is 0 Å². The number of nitrogens with one attached hydrogen (secondary N) is 1. The van der Waals surface area contributed by atoms with E-state index in [1.165, 1.54) is 5.56 Å². The van der Waals surface area contributed by atoms with Gasteiger partial charge in [0.2, 0.25) is 0 Å². The van der Waals surface area contributed by atoms with Gasteiger partial charge < -0.3 is 10.2 Å². The highest BCUT2D eigenvalue weighted by atomic mass is 16.1. The van der Waals surface area contributed by atoms with Crippen LogP contribution in [0.2, 0.25) is 0 Å². The fraction of sp³-hybridized carbons (Fsp3) is 0.292. The Morgan fingerprint density at radius 3 is 2.59 bits per heavy atom. The molecule has 0 unspecified atom stereocenters. The molecule has 0 spiro atoms. The largest absolute Gasteiger partial charge is 0.370 e. The summed E-state index contributed by atoms with van der Waals surface area (Å²) in [6, 6.07) is 18.3. The summed E-state index contributed by atoms with van der Waals surface area (Å²) in [5.41, 5.74) is 3.86. The summed E-state index contributed by atoms with van der Waals surface area (Å²) in [4.78, 5) is 23.4. The number of aromatic nitrogens is 2. The minimum atomic E-state index is -0.121. The SMILES string of the molecule is O=C(NCc1ccccn1)c1cncc(N2CCC(Cc3ccccc3)CC2)c1. The second-order valence-corrected chi connectivity index (χ2v) is 7.56. The Labute approximate surface area is 171 Å². The van der Waals surface area contributed by atoms with Crippen LogP contribution in [0.15, 0.2) is 73.2 Å². The van der Waals surface area contributed by atoms with E-state index in [2.05, 4.69) is 50.5 Å². The third-order valence-electron chi connectivity index (χ3n) is 5.49. The molecule has 0 bridgehead atoms. The van der Waals surface area contributed by atoms with E-state index in [9.17, 15) is 4.79 Å². The van der Waals surface area contributed by atoms with E-state index in [0.717, 1.165) is 43.7 Å². The van der Waals surface area contributed by atoms with Crippen molar-refractivity contribution in [3.63, 3.8) is 0 Å². The van der Waals surface area contributed by atoms with Crippen molar-refractivity contribution in [2.75, 3.05) is 18.0 Å². The molecule has 1 aliphatic heterocycles. The number of amides is 1. The van der Waals surface area contributed by atoms with Gasteiger partial charge in [-0.25, -0.2) is 0 Å². The van der Waals surface area contributed by atoms with E-state index >= 15 is 0 Å². The Bertz CT molecular complexity index is 922. The Morgan fingerprint density at radius 2 is 1.83 bits per heavy atom. The quantitative estimate of drug-likeness (QED) is 0.699. The molecule has 148 valence electrons. The summed E-state index contributed by atoms with van der Waals surface area (Å²) >= 11 is 0. The first kappa shape index (κ1) is 19.1. The van der Waals surface area contributed by atoms with Crippen molar-refractivity contribution in [3.8, 4) is 0 Å². The predicted molar refractivity (Wildman–Crippen MR) is 115 cm³/mol. The van der Waals surface area contributed by atoms with Crippen LogP contribution < -0.4 is 10.2 Å². The summed E-state index contributed by atoms with van der Waals surface area (Å²) in [7, 11) is 0. The van der Waals surface area contributed by atoms with Crippen LogP contribution in [-0.2, 0) is 13.0 Å². The zero-order valence-corrected chi connectivity index (χ0v) is 16.5. The van der Waals surface area contributed by atoms with Gasteiger partial charge in [-0.05, 0) is 48.9 Å². The van der Waals surface area contributed by atoms with Crippen molar-refractivity contribution >= 4 is 11.6 Å². The summed E-state index contributed by atoms with van der Waals surface area (Å²) < 4.78 is 0. The van der Waals surface area contributed by atoms with Crippen LogP contribution in [0, 0.1) is 5.92 Å². The van der Waals surface area contributed by atoms with Crippen molar-refractivity contribution in [1.29, 1.82) is 0 Å². The normalized spacial score (nSPS) is 14.6. The number of carbonyl (C=O) groups is 1. The zero-order chi connectivity index (χ0) is 19.9. The Morgan fingerprint density at radius 1 is 1.03 bits per heavy atom. The maximum atomic E-state index is 12.5. The van der Waals surface area contributed by atoms with Crippen LogP contribution >= 0.6 is 0 Å². The molecule has 3 heterocycles. The van der Waals surface area contributed by atoms with Crippen LogP contribution in [-0.4, -0.2) is 29.0 Å². The Balaban J connectivity index is 1.32. The fourth-order valence-electron chi connectivity index (χ4n) is 3.84. The lowest BCUT2D eigenvalue weighted by atomic mass is 9.90. The first-order chi connectivity index (χ1) is 14.3. The number of hydrogen-bond acceptors (Lipinski definition) is 4. The smallest absolute Gasteiger partial charge is 0.253 e. The maximum Gasteiger partial charge on any atom is 0.253 e. The maximum absolute atomic E-state index is 12.5. The standard InChI is InChI=1S/C24H26N4O/c29-24(27-17-22-8-4-5-11-26-22)21-15-23(18-25-16-21)28-12-9-20(10-13-28)14-19-6-2-1-3-7-19/h1-8,11,15-16,18,20H,9-10,12-14,17H2,(H,27,29). The number of carbonyl (C=O) groups excluding carboxylic acids is 1. The number of nitrogens with zero attached hydrogens (tertiary/aromatic N) is 3. The lowest BCUT2D eigenvalue weighted by molar-refractivity contribution is 0.0950. The molecular weight excluding hydrogens is 360 g/mol. The van der Waals surface area contributed by atoms with E-state index in [0.29, 0.717) is 18.0 Å². The first-order valence-electron chi connectivity index (χ1n) is 10.2. The van der Waals surface area contributed by atoms with Crippen molar-refractivity contribution in [2.24, 2.45) is 5.92 Å². The molecule has 0 atom stereocenters. The zero-order valence-electron chi connectivity index (χ0n) is 16.5. The third kappa shape index (κ3) is 5.19. The second-order valence-electron chi connectivity index (χ2n) is 7.56. The van der Waals surface area contributed by atoms with Crippen molar-refractivity contribution in [2.45, 2.75) is 25.8 Å². The number of rotatable bonds is 6. The molecule has 0 aliphatic carbocycles. The molecule has 5 nitrogen and oxygen atoms in total. The Hall–Kier alpha value is -3.21. The molecule has 0 radical (unpaired) electrons. The van der Waals surface area contributed by atoms with Crippen LogP contribution in [0.5, 0.6) is 0 Å². The van der Waals surface area contributed by atoms with Crippen LogP contribution in [0.3, 0.4) is 0 Å². The van der Waals surface area contributed by atoms with E-state index < -0.39 is 0 Å². The average Bonchev–Trinajstić information content (AvgIpc) is 2.79. The number of anilines is 1. The van der Waals surface area contributed by atoms with E-state index in [4.69, 9.17) is 0 Å². The molecule has 4 rings (SSSR count). The molecule has 1 fully saturated rings. The topological polar surface area (TPSA) is 58.1 Å². The molecule has 3 aromatic rings. The Kier molecular flexibility index (Phi) is 6.15. The van der Waals surface area contributed by atoms with Gasteiger partial charge in [-0.1, -0.05) is 36.4 Å². The number of pyridine rings is 2. The monoisotopic (exact) mass is 386 g/mol. The van der Waals surface area contributed by atoms with E-state index in [1.807, 2.05) is 30.5 Å². The highest BCUT2D eigenvalue weighted by Crippen LogP contribution is 2.25. The summed E-state index contributed by atoms with van der Waals surface area (Å²) in [6.07, 6.45) is 8.66. The molecule has 1 amide bonds. The predicted octanol–water partition coefficient (Wildman–Crippen LogP) is 3.87. The molecule has 0 saturated carbocycles. The summed E-state index contributed by atoms with van der Waals surface area (Å²) in [6.45, 7) is 2.41. The minimum Gasteiger partial charge on any atom is -0.370 e. The molecule has 2 aromatic heterocycles. The lowest BCUT2D eigenvalue weighted by Gasteiger charge is -2.33. The molecule has 1 aliphatic rings. The average molecular weight is 386 g/mol. The van der Waals surface area contributed by atoms with Gasteiger partial charge in [-0.2, -0.15) is 0 Å². The fourth-order valence-corrected chi connectivity index (χ4v) is 3.84. The van der Waals surface area contributed by atoms with Gasteiger partial charge in [0.25, 0.3) is 5.91 Å². The van der Waals surface area contributed by atoms with Crippen molar-refractivity contribution in [3.05, 3.63) is 90.0 Å². The van der Waals surface area contributed by atoms with Crippen LogP contribution in [0.25, 0.3) is 0 Å². The lowest BCUT2D eigenvalue weighted by Crippen LogP contribution is -2.34. The first-order valence-corrected chi connectivity index (χ1v) is 10.2. The third-order valence-corrected chi connectivity index (χ3v) is 5.49. The van der Waals surface area contributed by atoms with E-state index in [-0.39, 0.29) is 5.91 Å². The van der Waals surface area contributed by atoms with Gasteiger partial charge in [-0.3, -0.25) is 14.8 Å². The van der Waals surface area contributed by atoms with Crippen LogP contribution in [0.4, 0.5) is 5.69 Å². The van der Waals surface area contributed by atoms with Gasteiger partial charge in [-0.15, -0.1) is 0 Å². The highest BCUT2D eigenvalue weighted by molar-refractivity contribution is 5.94. The number of hydrogen-bond donors (Lipinski definition) is 1. The van der Waals surface area contributed by atoms with E-state index in [1.54, 1.807) is 12.4 Å². The molecule has 5 heteroatoms. The molecule has 1 saturated heterocycles. The minimum absolute atomic E-state index is 0.121. The second kappa shape index (κ2) is 9.32. The van der Waals surface area contributed by atoms with Crippen LogP contribution in [0.1, 0.15) is 34.5 Å². The van der Waals surface area contributed by atoms with Crippen molar-refractivity contribution in [1.82, 2.24) is 15.3 Å². The molecule has 1 aromatic carbocycles. The highest BCUT2D eigenvalue weighted by Gasteiger charge is 2.20. The molecule has 29 heavy (non-hydrogen) atoms. The number of piperidine rings is 1. The van der Waals surface area contributed by atoms with Gasteiger partial charge in [0.05, 0.1) is 29.7 Å². The van der Waals surface area contributed by atoms with Crippen molar-refractivity contribution < 1.29 is 4.79 Å². The van der Waals surface area contributed by atoms with Gasteiger partial charge >= 0.3 is 0 Å². The van der Waals surface area contributed by atoms with Gasteiger partial charge in [0, 0.05) is 25.5 Å². The molecular formula is C24H26N4O. The summed E-state index contributed by atoms with van der Waals surface area (Å²) in [5, 5.41) is 2.92. The number of benzene rings is 1.